The summed E-state index contributed by atoms with van der Waals surface area (Å²) in [6, 6.07) is 0.814. The van der Waals surface area contributed by atoms with Crippen LogP contribution in [0.15, 0.2) is 0 Å². The first-order chi connectivity index (χ1) is 5.20. The lowest BCUT2D eigenvalue weighted by Gasteiger charge is -2.33. The Morgan fingerprint density at radius 2 is 1.73 bits per heavy atom. The van der Waals surface area contributed by atoms with Crippen molar-refractivity contribution in [3.63, 3.8) is 0 Å². The van der Waals surface area contributed by atoms with E-state index in [-0.39, 0.29) is 0 Å². The van der Waals surface area contributed by atoms with E-state index in [2.05, 4.69) is 25.8 Å². The van der Waals surface area contributed by atoms with Gasteiger partial charge in [-0.25, -0.2) is 0 Å². The van der Waals surface area contributed by atoms with Crippen LogP contribution in [0.25, 0.3) is 0 Å². The van der Waals surface area contributed by atoms with Crippen LogP contribution in [-0.2, 0) is 0 Å². The largest absolute Gasteiger partial charge is 0.304 e. The van der Waals surface area contributed by atoms with E-state index in [1.165, 1.54) is 19.4 Å². The van der Waals surface area contributed by atoms with Crippen molar-refractivity contribution in [3.8, 4) is 0 Å². The normalized spacial score (nSPS) is 32.5. The highest BCUT2D eigenvalue weighted by Crippen LogP contribution is 2.19. The lowest BCUT2D eigenvalue weighted by molar-refractivity contribution is 0.162. The van der Waals surface area contributed by atoms with Crippen molar-refractivity contribution in [2.75, 3.05) is 13.6 Å². The molecule has 0 amide bonds. The standard InChI is InChI=1S/C8H17N.C2H6/c1-7-4-5-9(3)8(2)6-7;1-2/h7-8H,4-6H2,1-3H3;1-2H3/t7?,8-;/m1./s1. The summed E-state index contributed by atoms with van der Waals surface area (Å²) in [5.41, 5.74) is 0. The van der Waals surface area contributed by atoms with E-state index in [1.54, 1.807) is 0 Å². The summed E-state index contributed by atoms with van der Waals surface area (Å²) in [6.45, 7) is 9.96. The van der Waals surface area contributed by atoms with Crippen molar-refractivity contribution in [2.24, 2.45) is 5.92 Å². The van der Waals surface area contributed by atoms with Gasteiger partial charge in [-0.3, -0.25) is 0 Å². The Hall–Kier alpha value is -0.0400. The molecule has 1 aliphatic heterocycles. The number of nitrogens with zero attached hydrogens (tertiary/aromatic N) is 1. The first kappa shape index (κ1) is 11.0. The van der Waals surface area contributed by atoms with Crippen LogP contribution in [0.2, 0.25) is 0 Å². The van der Waals surface area contributed by atoms with Crippen LogP contribution in [0.4, 0.5) is 0 Å². The van der Waals surface area contributed by atoms with Crippen LogP contribution < -0.4 is 0 Å². The number of piperidine rings is 1. The lowest BCUT2D eigenvalue weighted by atomic mass is 9.94. The Morgan fingerprint density at radius 3 is 2.09 bits per heavy atom. The Morgan fingerprint density at radius 1 is 1.18 bits per heavy atom. The molecule has 0 spiro atoms. The van der Waals surface area contributed by atoms with Crippen molar-refractivity contribution >= 4 is 0 Å². The van der Waals surface area contributed by atoms with Crippen LogP contribution in [-0.4, -0.2) is 24.5 Å². The van der Waals surface area contributed by atoms with E-state index in [0.717, 1.165) is 12.0 Å². The third-order valence-corrected chi connectivity index (χ3v) is 2.47. The molecule has 0 saturated carbocycles. The highest BCUT2D eigenvalue weighted by molar-refractivity contribution is 4.73. The predicted octanol–water partition coefficient (Wildman–Crippen LogP) is 2.76. The highest BCUT2D eigenvalue weighted by Gasteiger charge is 2.18. The molecule has 1 nitrogen and oxygen atoms in total. The zero-order valence-corrected chi connectivity index (χ0v) is 8.72. The summed E-state index contributed by atoms with van der Waals surface area (Å²) in [5, 5.41) is 0. The molecule has 2 atom stereocenters. The molecule has 1 heterocycles. The second-order valence-electron chi connectivity index (χ2n) is 3.46. The fourth-order valence-corrected chi connectivity index (χ4v) is 1.52. The minimum absolute atomic E-state index is 0.814. The zero-order chi connectivity index (χ0) is 8.85. The lowest BCUT2D eigenvalue weighted by Crippen LogP contribution is -2.36. The maximum Gasteiger partial charge on any atom is 0.00664 e. The molecule has 1 unspecified atom stereocenters. The maximum absolute atomic E-state index is 2.44. The van der Waals surface area contributed by atoms with Crippen LogP contribution in [0, 0.1) is 5.92 Å². The van der Waals surface area contributed by atoms with Gasteiger partial charge in [-0.2, -0.15) is 0 Å². The average Bonchev–Trinajstić information content (AvgIpc) is 2.02. The first-order valence-corrected chi connectivity index (χ1v) is 4.90. The van der Waals surface area contributed by atoms with Gasteiger partial charge < -0.3 is 4.90 Å². The molecule has 1 heteroatoms. The van der Waals surface area contributed by atoms with Crippen LogP contribution in [0.1, 0.15) is 40.5 Å². The van der Waals surface area contributed by atoms with Crippen molar-refractivity contribution in [1.82, 2.24) is 4.90 Å². The van der Waals surface area contributed by atoms with Crippen molar-refractivity contribution in [3.05, 3.63) is 0 Å². The van der Waals surface area contributed by atoms with Gasteiger partial charge in [0.2, 0.25) is 0 Å². The maximum atomic E-state index is 2.44. The van der Waals surface area contributed by atoms with Gasteiger partial charge in [0.15, 0.2) is 0 Å². The fourth-order valence-electron chi connectivity index (χ4n) is 1.52. The Labute approximate surface area is 71.8 Å². The smallest absolute Gasteiger partial charge is 0.00664 e. The summed E-state index contributed by atoms with van der Waals surface area (Å²) in [4.78, 5) is 2.44. The van der Waals surface area contributed by atoms with Gasteiger partial charge in [-0.05, 0) is 39.3 Å². The Bertz CT molecular complexity index is 90.9. The molecular formula is C10H23N. The second kappa shape index (κ2) is 5.59. The monoisotopic (exact) mass is 157 g/mol. The van der Waals surface area contributed by atoms with Gasteiger partial charge in [0.05, 0.1) is 0 Å². The van der Waals surface area contributed by atoms with E-state index >= 15 is 0 Å². The summed E-state index contributed by atoms with van der Waals surface area (Å²) in [6.07, 6.45) is 2.78. The molecule has 11 heavy (non-hydrogen) atoms. The Kier molecular flexibility index (Phi) is 5.57. The van der Waals surface area contributed by atoms with Gasteiger partial charge in [0.25, 0.3) is 0 Å². The second-order valence-corrected chi connectivity index (χ2v) is 3.46. The van der Waals surface area contributed by atoms with Crippen LogP contribution in [0.3, 0.4) is 0 Å². The number of rotatable bonds is 0. The SMILES string of the molecule is CC.CC1CCN(C)[C@H](C)C1. The topological polar surface area (TPSA) is 3.24 Å². The summed E-state index contributed by atoms with van der Waals surface area (Å²) in [5.74, 6) is 0.955. The van der Waals surface area contributed by atoms with E-state index in [1.807, 2.05) is 13.8 Å². The average molecular weight is 157 g/mol. The van der Waals surface area contributed by atoms with Crippen molar-refractivity contribution in [1.29, 1.82) is 0 Å². The van der Waals surface area contributed by atoms with E-state index < -0.39 is 0 Å². The van der Waals surface area contributed by atoms with E-state index in [4.69, 9.17) is 0 Å². The number of likely N-dealkylation sites (tertiary alicyclic amines) is 1. The molecule has 0 aromatic carbocycles. The van der Waals surface area contributed by atoms with Gasteiger partial charge in [0.1, 0.15) is 0 Å². The van der Waals surface area contributed by atoms with Gasteiger partial charge in [-0.1, -0.05) is 20.8 Å². The summed E-state index contributed by atoms with van der Waals surface area (Å²) < 4.78 is 0. The quantitative estimate of drug-likeness (QED) is 0.522. The molecule has 1 aliphatic rings. The van der Waals surface area contributed by atoms with Crippen LogP contribution >= 0.6 is 0 Å². The van der Waals surface area contributed by atoms with E-state index in [0.29, 0.717) is 0 Å². The zero-order valence-electron chi connectivity index (χ0n) is 8.72. The fraction of sp³-hybridized carbons (Fsp3) is 1.00. The molecular weight excluding hydrogens is 134 g/mol. The molecule has 0 N–H and O–H groups in total. The highest BCUT2D eigenvalue weighted by atomic mass is 15.1. The summed E-state index contributed by atoms with van der Waals surface area (Å²) in [7, 11) is 2.22. The molecule has 1 fully saturated rings. The molecule has 0 aliphatic carbocycles. The number of hydrogen-bond acceptors (Lipinski definition) is 1. The van der Waals surface area contributed by atoms with Gasteiger partial charge >= 0.3 is 0 Å². The third-order valence-electron chi connectivity index (χ3n) is 2.47. The van der Waals surface area contributed by atoms with E-state index in [9.17, 15) is 0 Å². The molecule has 1 rings (SSSR count). The van der Waals surface area contributed by atoms with Crippen molar-refractivity contribution in [2.45, 2.75) is 46.6 Å². The number of hydrogen-bond donors (Lipinski definition) is 0. The van der Waals surface area contributed by atoms with Gasteiger partial charge in [-0.15, -0.1) is 0 Å². The molecule has 0 bridgehead atoms. The first-order valence-electron chi connectivity index (χ1n) is 4.90. The molecule has 0 aromatic heterocycles. The predicted molar refractivity (Wildman–Crippen MR) is 51.8 cm³/mol. The Balaban J connectivity index is 0.000000461. The molecule has 0 aromatic rings. The van der Waals surface area contributed by atoms with Gasteiger partial charge in [0, 0.05) is 6.04 Å². The summed E-state index contributed by atoms with van der Waals surface area (Å²) >= 11 is 0. The minimum atomic E-state index is 0.814. The van der Waals surface area contributed by atoms with Crippen molar-refractivity contribution < 1.29 is 0 Å². The van der Waals surface area contributed by atoms with Crippen LogP contribution in [0.5, 0.6) is 0 Å². The molecule has 68 valence electrons. The third kappa shape index (κ3) is 3.76. The minimum Gasteiger partial charge on any atom is -0.304 e. The molecule has 0 radical (unpaired) electrons. The molecule has 1 saturated heterocycles.